The molecule has 0 spiro atoms. The number of nitrogens with two attached hydrogens (primary N) is 1. The molecule has 1 amide bonds. The van der Waals surface area contributed by atoms with E-state index in [-0.39, 0.29) is 12.5 Å². The van der Waals surface area contributed by atoms with E-state index in [1.165, 1.54) is 18.9 Å². The van der Waals surface area contributed by atoms with Crippen molar-refractivity contribution in [3.63, 3.8) is 0 Å². The summed E-state index contributed by atoms with van der Waals surface area (Å²) in [6.45, 7) is -0.170. The van der Waals surface area contributed by atoms with Crippen LogP contribution in [-0.4, -0.2) is 31.0 Å². The summed E-state index contributed by atoms with van der Waals surface area (Å²) in [6.07, 6.45) is 1.56. The molecule has 0 radical (unpaired) electrons. The van der Waals surface area contributed by atoms with Gasteiger partial charge in [0.25, 0.3) is 5.91 Å². The van der Waals surface area contributed by atoms with Crippen molar-refractivity contribution >= 4 is 50.7 Å². The fourth-order valence-electron chi connectivity index (χ4n) is 2.72. The molecule has 3 aromatic carbocycles. The Bertz CT molecular complexity index is 1130. The minimum atomic E-state index is -0.279. The number of thioether (sulfide) groups is 1. The van der Waals surface area contributed by atoms with E-state index in [1.807, 2.05) is 48.5 Å². The van der Waals surface area contributed by atoms with E-state index in [9.17, 15) is 4.79 Å². The molecular weight excluding hydrogens is 504 g/mol. The van der Waals surface area contributed by atoms with Crippen LogP contribution in [0.25, 0.3) is 0 Å². The first kappa shape index (κ1) is 24.3. The first-order chi connectivity index (χ1) is 16.0. The Kier molecular flexibility index (Phi) is 9.34. The third kappa shape index (κ3) is 7.96. The Morgan fingerprint density at radius 1 is 1.12 bits per heavy atom. The van der Waals surface area contributed by atoms with Gasteiger partial charge in [0.05, 0.1) is 17.8 Å². The molecule has 3 N–H and O–H groups in total. The highest BCUT2D eigenvalue weighted by atomic mass is 79.9. The van der Waals surface area contributed by atoms with E-state index in [2.05, 4.69) is 31.4 Å². The molecule has 0 aliphatic carbocycles. The van der Waals surface area contributed by atoms with Crippen LogP contribution in [0.1, 0.15) is 11.1 Å². The van der Waals surface area contributed by atoms with E-state index in [0.717, 1.165) is 16.9 Å². The summed E-state index contributed by atoms with van der Waals surface area (Å²) in [5.41, 5.74) is 8.51. The average molecular weight is 527 g/mol. The number of rotatable bonds is 9. The largest absolute Gasteiger partial charge is 0.493 e. The molecule has 7 nitrogen and oxygen atoms in total. The molecule has 3 aromatic rings. The fourth-order valence-corrected chi connectivity index (χ4v) is 3.91. The molecule has 33 heavy (non-hydrogen) atoms. The average Bonchev–Trinajstić information content (AvgIpc) is 2.83. The van der Waals surface area contributed by atoms with Crippen LogP contribution in [0.3, 0.4) is 0 Å². The lowest BCUT2D eigenvalue weighted by Gasteiger charge is -2.13. The van der Waals surface area contributed by atoms with Crippen LogP contribution < -0.4 is 20.5 Å². The quantitative estimate of drug-likeness (QED) is 0.230. The molecule has 0 heterocycles. The number of amidine groups is 1. The third-order valence-corrected chi connectivity index (χ3v) is 5.69. The smallest absolute Gasteiger partial charge is 0.262 e. The van der Waals surface area contributed by atoms with Crippen molar-refractivity contribution in [1.82, 2.24) is 0 Å². The standard InChI is InChI=1S/C24H23BrN4O3S/c1-31-21-13-18(14-27-29-24(26)33-16-17-8-4-2-5-9-17)12-20(25)23(21)32-15-22(30)28-19-10-6-3-7-11-19/h2-14H,15-16H2,1H3,(H2,26,29)(H,28,30). The molecule has 0 aliphatic heterocycles. The number of para-hydroxylation sites is 1. The number of hydrogen-bond donors (Lipinski definition) is 2. The second-order valence-corrected chi connectivity index (χ2v) is 8.54. The fraction of sp³-hybridized carbons (Fsp3) is 0.125. The number of benzene rings is 3. The van der Waals surface area contributed by atoms with E-state index >= 15 is 0 Å². The summed E-state index contributed by atoms with van der Waals surface area (Å²) >= 11 is 4.87. The number of nitrogens with one attached hydrogen (secondary N) is 1. The summed E-state index contributed by atoms with van der Waals surface area (Å²) in [6, 6.07) is 22.7. The first-order valence-corrected chi connectivity index (χ1v) is 11.7. The molecule has 0 saturated heterocycles. The lowest BCUT2D eigenvalue weighted by molar-refractivity contribution is -0.118. The second-order valence-electron chi connectivity index (χ2n) is 6.69. The van der Waals surface area contributed by atoms with Crippen LogP contribution in [0.4, 0.5) is 5.69 Å². The number of ether oxygens (including phenoxy) is 2. The van der Waals surface area contributed by atoms with Gasteiger partial charge in [0.15, 0.2) is 23.3 Å². The summed E-state index contributed by atoms with van der Waals surface area (Å²) < 4.78 is 11.7. The van der Waals surface area contributed by atoms with Crippen LogP contribution in [0.2, 0.25) is 0 Å². The van der Waals surface area contributed by atoms with Crippen molar-refractivity contribution in [2.24, 2.45) is 15.9 Å². The highest BCUT2D eigenvalue weighted by Gasteiger charge is 2.13. The highest BCUT2D eigenvalue weighted by Crippen LogP contribution is 2.36. The molecule has 9 heteroatoms. The van der Waals surface area contributed by atoms with Crippen molar-refractivity contribution in [2.75, 3.05) is 19.0 Å². The Morgan fingerprint density at radius 3 is 2.52 bits per heavy atom. The summed E-state index contributed by atoms with van der Waals surface area (Å²) in [5, 5.41) is 11.2. The number of hydrogen-bond acceptors (Lipinski definition) is 6. The molecule has 0 bridgehead atoms. The number of nitrogens with zero attached hydrogens (tertiary/aromatic N) is 2. The molecule has 0 aromatic heterocycles. The van der Waals surface area contributed by atoms with Crippen molar-refractivity contribution < 1.29 is 14.3 Å². The first-order valence-electron chi connectivity index (χ1n) is 9.93. The number of anilines is 1. The lowest BCUT2D eigenvalue weighted by Crippen LogP contribution is -2.20. The molecule has 0 saturated carbocycles. The predicted molar refractivity (Wildman–Crippen MR) is 138 cm³/mol. The Morgan fingerprint density at radius 2 is 1.82 bits per heavy atom. The Labute approximate surface area is 205 Å². The van der Waals surface area contributed by atoms with Crippen LogP contribution in [0, 0.1) is 0 Å². The number of carbonyl (C=O) groups is 1. The van der Waals surface area contributed by atoms with Crippen molar-refractivity contribution in [1.29, 1.82) is 0 Å². The molecule has 3 rings (SSSR count). The zero-order chi connectivity index (χ0) is 23.5. The maximum Gasteiger partial charge on any atom is 0.262 e. The zero-order valence-electron chi connectivity index (χ0n) is 17.9. The van der Waals surface area contributed by atoms with Gasteiger partial charge >= 0.3 is 0 Å². The molecule has 0 unspecified atom stereocenters. The number of methoxy groups -OCH3 is 1. The van der Waals surface area contributed by atoms with Gasteiger partial charge in [-0.25, -0.2) is 0 Å². The maximum atomic E-state index is 12.2. The van der Waals surface area contributed by atoms with Gasteiger partial charge < -0.3 is 20.5 Å². The minimum absolute atomic E-state index is 0.170. The van der Waals surface area contributed by atoms with Crippen molar-refractivity contribution in [3.05, 3.63) is 88.4 Å². The molecule has 170 valence electrons. The minimum Gasteiger partial charge on any atom is -0.493 e. The SMILES string of the molecule is COc1cc(C=NN=C(N)SCc2ccccc2)cc(Br)c1OCC(=O)Nc1ccccc1. The van der Waals surface area contributed by atoms with Gasteiger partial charge in [0, 0.05) is 11.4 Å². The molecular formula is C24H23BrN4O3S. The maximum absolute atomic E-state index is 12.2. The molecule has 0 fully saturated rings. The van der Waals surface area contributed by atoms with Gasteiger partial charge in [-0.05, 0) is 51.3 Å². The monoisotopic (exact) mass is 526 g/mol. The zero-order valence-corrected chi connectivity index (χ0v) is 20.3. The summed E-state index contributed by atoms with van der Waals surface area (Å²) in [7, 11) is 1.52. The molecule has 0 aliphatic rings. The Hall–Kier alpha value is -3.30. The van der Waals surface area contributed by atoms with Crippen LogP contribution >= 0.6 is 27.7 Å². The van der Waals surface area contributed by atoms with Crippen LogP contribution in [-0.2, 0) is 10.5 Å². The van der Waals surface area contributed by atoms with E-state index in [4.69, 9.17) is 15.2 Å². The van der Waals surface area contributed by atoms with Crippen LogP contribution in [0.15, 0.2) is 87.5 Å². The predicted octanol–water partition coefficient (Wildman–Crippen LogP) is 5.06. The van der Waals surface area contributed by atoms with E-state index in [1.54, 1.807) is 30.5 Å². The number of carbonyl (C=O) groups excluding carboxylic acids is 1. The normalized spacial score (nSPS) is 11.4. The number of amides is 1. The van der Waals surface area contributed by atoms with E-state index < -0.39 is 0 Å². The topological polar surface area (TPSA) is 98.3 Å². The lowest BCUT2D eigenvalue weighted by atomic mass is 10.2. The van der Waals surface area contributed by atoms with Gasteiger partial charge in [-0.3, -0.25) is 4.79 Å². The van der Waals surface area contributed by atoms with Crippen molar-refractivity contribution in [3.8, 4) is 11.5 Å². The van der Waals surface area contributed by atoms with Gasteiger partial charge in [-0.15, -0.1) is 5.10 Å². The second kappa shape index (κ2) is 12.7. The third-order valence-electron chi connectivity index (χ3n) is 4.25. The van der Waals surface area contributed by atoms with Crippen molar-refractivity contribution in [2.45, 2.75) is 5.75 Å². The van der Waals surface area contributed by atoms with E-state index in [0.29, 0.717) is 26.8 Å². The van der Waals surface area contributed by atoms with Gasteiger partial charge in [-0.1, -0.05) is 60.3 Å². The van der Waals surface area contributed by atoms with Gasteiger partial charge in [0.1, 0.15) is 0 Å². The summed E-state index contributed by atoms with van der Waals surface area (Å²) in [5.74, 6) is 1.31. The van der Waals surface area contributed by atoms with Gasteiger partial charge in [0.2, 0.25) is 0 Å². The van der Waals surface area contributed by atoms with Gasteiger partial charge in [-0.2, -0.15) is 5.10 Å². The van der Waals surface area contributed by atoms with Crippen LogP contribution in [0.5, 0.6) is 11.5 Å². The molecule has 0 atom stereocenters. The number of halogens is 1. The summed E-state index contributed by atoms with van der Waals surface area (Å²) in [4.78, 5) is 12.2. The Balaban J connectivity index is 1.59. The highest BCUT2D eigenvalue weighted by molar-refractivity contribution is 9.10.